The van der Waals surface area contributed by atoms with E-state index in [0.29, 0.717) is 34.4 Å². The zero-order chi connectivity index (χ0) is 22.8. The third-order valence-corrected chi connectivity index (χ3v) is 3.69. The number of rotatable bonds is 4. The molecule has 0 fully saturated rings. The van der Waals surface area contributed by atoms with Gasteiger partial charge in [0, 0.05) is 12.4 Å². The first-order chi connectivity index (χ1) is 15.5. The van der Waals surface area contributed by atoms with Crippen LogP contribution in [0.4, 0.5) is 46.0 Å². The molecule has 0 bridgehead atoms. The van der Waals surface area contributed by atoms with E-state index in [4.69, 9.17) is 22.9 Å². The van der Waals surface area contributed by atoms with Gasteiger partial charge in [-0.2, -0.15) is 0 Å². The van der Waals surface area contributed by atoms with E-state index in [9.17, 15) is 0 Å². The lowest BCUT2D eigenvalue weighted by atomic mass is 10.4. The molecule has 0 atom stereocenters. The van der Waals surface area contributed by atoms with Crippen LogP contribution < -0.4 is 22.9 Å². The Morgan fingerprint density at radius 1 is 0.531 bits per heavy atom. The fraction of sp³-hybridized carbons (Fsp3) is 0. The van der Waals surface area contributed by atoms with Crippen LogP contribution in [0.25, 0.3) is 0 Å². The topological polar surface area (TPSA) is 205 Å². The Labute approximate surface area is 183 Å². The molecule has 4 heterocycles. The van der Waals surface area contributed by atoms with Crippen LogP contribution in [0, 0.1) is 0 Å². The fourth-order valence-corrected chi connectivity index (χ4v) is 2.18. The van der Waals surface area contributed by atoms with E-state index in [1.165, 1.54) is 0 Å². The first kappa shape index (κ1) is 21.7. The average molecular weight is 428 g/mol. The van der Waals surface area contributed by atoms with Gasteiger partial charge in [0.2, 0.25) is 0 Å². The third-order valence-electron chi connectivity index (χ3n) is 3.69. The van der Waals surface area contributed by atoms with Gasteiger partial charge >= 0.3 is 0 Å². The summed E-state index contributed by atoms with van der Waals surface area (Å²) in [6.45, 7) is 0. The Bertz CT molecular complexity index is 1110. The van der Waals surface area contributed by atoms with Crippen LogP contribution in [-0.2, 0) is 0 Å². The maximum Gasteiger partial charge on any atom is 0.153 e. The molecule has 12 nitrogen and oxygen atoms in total. The van der Waals surface area contributed by atoms with Gasteiger partial charge in [0.1, 0.15) is 34.4 Å². The summed E-state index contributed by atoms with van der Waals surface area (Å²) in [5.41, 5.74) is 24.4. The number of anilines is 4. The quantitative estimate of drug-likeness (QED) is 0.347. The standard InChI is InChI=1S/2C10H10N6/c2*11-9-4-3-8(10(12)14-9)16-15-7-2-1-5-13-6-7/h2*1-6H,(H4,11,12,14). The lowest BCUT2D eigenvalue weighted by Gasteiger charge is -1.98. The van der Waals surface area contributed by atoms with Gasteiger partial charge in [-0.25, -0.2) is 9.97 Å². The first-order valence-corrected chi connectivity index (χ1v) is 9.19. The number of nitrogen functional groups attached to an aromatic ring is 4. The summed E-state index contributed by atoms with van der Waals surface area (Å²) in [6.07, 6.45) is 6.53. The van der Waals surface area contributed by atoms with E-state index < -0.39 is 0 Å². The summed E-state index contributed by atoms with van der Waals surface area (Å²) in [5.74, 6) is 1.23. The van der Waals surface area contributed by atoms with Crippen LogP contribution in [0.15, 0.2) is 93.8 Å². The number of hydrogen-bond acceptors (Lipinski definition) is 12. The molecule has 0 aliphatic carbocycles. The summed E-state index contributed by atoms with van der Waals surface area (Å²) >= 11 is 0. The maximum absolute atomic E-state index is 5.63. The SMILES string of the molecule is Nc1ccc(N=Nc2cccnc2)c(N)n1.Nc1ccc(N=Nc2cccnc2)c(N)n1. The maximum atomic E-state index is 5.63. The average Bonchev–Trinajstić information content (AvgIpc) is 2.80. The van der Waals surface area contributed by atoms with Gasteiger partial charge < -0.3 is 22.9 Å². The van der Waals surface area contributed by atoms with Crippen molar-refractivity contribution < 1.29 is 0 Å². The number of pyridine rings is 4. The van der Waals surface area contributed by atoms with Gasteiger partial charge in [0.15, 0.2) is 11.6 Å². The van der Waals surface area contributed by atoms with Gasteiger partial charge in [-0.05, 0) is 48.5 Å². The summed E-state index contributed by atoms with van der Waals surface area (Å²) in [7, 11) is 0. The van der Waals surface area contributed by atoms with Crippen molar-refractivity contribution in [2.24, 2.45) is 20.5 Å². The lowest BCUT2D eigenvalue weighted by molar-refractivity contribution is 1.18. The summed E-state index contributed by atoms with van der Waals surface area (Å²) in [6, 6.07) is 13.7. The van der Waals surface area contributed by atoms with Crippen LogP contribution in [0.3, 0.4) is 0 Å². The minimum Gasteiger partial charge on any atom is -0.384 e. The zero-order valence-electron chi connectivity index (χ0n) is 16.8. The minimum absolute atomic E-state index is 0.257. The normalized spacial score (nSPS) is 10.8. The molecule has 4 aromatic rings. The Balaban J connectivity index is 0.000000181. The Kier molecular flexibility index (Phi) is 7.25. The van der Waals surface area contributed by atoms with E-state index >= 15 is 0 Å². The van der Waals surface area contributed by atoms with Gasteiger partial charge in [-0.3, -0.25) is 9.97 Å². The van der Waals surface area contributed by atoms with Gasteiger partial charge in [0.05, 0.1) is 12.4 Å². The van der Waals surface area contributed by atoms with Crippen molar-refractivity contribution in [3.8, 4) is 0 Å². The second-order valence-corrected chi connectivity index (χ2v) is 6.10. The molecule has 0 aliphatic heterocycles. The number of azo groups is 2. The highest BCUT2D eigenvalue weighted by Gasteiger charge is 2.00. The van der Waals surface area contributed by atoms with Crippen LogP contribution in [-0.4, -0.2) is 19.9 Å². The van der Waals surface area contributed by atoms with Crippen molar-refractivity contribution in [3.05, 3.63) is 73.3 Å². The smallest absolute Gasteiger partial charge is 0.153 e. The predicted octanol–water partition coefficient (Wildman–Crippen LogP) is 4.11. The molecular weight excluding hydrogens is 408 g/mol. The van der Waals surface area contributed by atoms with E-state index in [1.54, 1.807) is 73.3 Å². The molecule has 0 spiro atoms. The van der Waals surface area contributed by atoms with Crippen molar-refractivity contribution in [2.45, 2.75) is 0 Å². The van der Waals surface area contributed by atoms with Crippen LogP contribution >= 0.6 is 0 Å². The Morgan fingerprint density at radius 3 is 1.31 bits per heavy atom. The predicted molar refractivity (Wildman–Crippen MR) is 123 cm³/mol. The van der Waals surface area contributed by atoms with Gasteiger partial charge in [-0.15, -0.1) is 20.5 Å². The highest BCUT2D eigenvalue weighted by atomic mass is 15.1. The molecule has 4 aromatic heterocycles. The molecular formula is C20H20N12. The molecule has 0 radical (unpaired) electrons. The monoisotopic (exact) mass is 428 g/mol. The van der Waals surface area contributed by atoms with Crippen LogP contribution in [0.5, 0.6) is 0 Å². The molecule has 12 heteroatoms. The van der Waals surface area contributed by atoms with Crippen molar-refractivity contribution in [3.63, 3.8) is 0 Å². The molecule has 4 rings (SSSR count). The molecule has 0 aromatic carbocycles. The van der Waals surface area contributed by atoms with Crippen LogP contribution in [0.1, 0.15) is 0 Å². The number of hydrogen-bond donors (Lipinski definition) is 4. The van der Waals surface area contributed by atoms with Crippen molar-refractivity contribution >= 4 is 46.0 Å². The van der Waals surface area contributed by atoms with Crippen molar-refractivity contribution in [2.75, 3.05) is 22.9 Å². The minimum atomic E-state index is 0.257. The Morgan fingerprint density at radius 2 is 0.969 bits per heavy atom. The molecule has 8 N–H and O–H groups in total. The van der Waals surface area contributed by atoms with E-state index in [0.717, 1.165) is 0 Å². The van der Waals surface area contributed by atoms with Crippen LogP contribution in [0.2, 0.25) is 0 Å². The fourth-order valence-electron chi connectivity index (χ4n) is 2.18. The first-order valence-electron chi connectivity index (χ1n) is 9.19. The molecule has 0 saturated heterocycles. The second-order valence-electron chi connectivity index (χ2n) is 6.10. The third kappa shape index (κ3) is 6.52. The number of aromatic nitrogens is 4. The van der Waals surface area contributed by atoms with Crippen molar-refractivity contribution in [1.82, 2.24) is 19.9 Å². The highest BCUT2D eigenvalue weighted by molar-refractivity contribution is 5.60. The summed E-state index contributed by atoms with van der Waals surface area (Å²) in [5, 5.41) is 15.9. The molecule has 32 heavy (non-hydrogen) atoms. The largest absolute Gasteiger partial charge is 0.384 e. The lowest BCUT2D eigenvalue weighted by Crippen LogP contribution is -1.95. The number of nitrogens with zero attached hydrogens (tertiary/aromatic N) is 8. The molecule has 0 amide bonds. The van der Waals surface area contributed by atoms with E-state index in [-0.39, 0.29) is 11.6 Å². The molecule has 0 aliphatic rings. The van der Waals surface area contributed by atoms with Gasteiger partial charge in [0.25, 0.3) is 0 Å². The Hall–Kier alpha value is -5.00. The van der Waals surface area contributed by atoms with Gasteiger partial charge in [-0.1, -0.05) is 0 Å². The van der Waals surface area contributed by atoms with E-state index in [2.05, 4.69) is 40.4 Å². The summed E-state index contributed by atoms with van der Waals surface area (Å²) in [4.78, 5) is 15.6. The summed E-state index contributed by atoms with van der Waals surface area (Å²) < 4.78 is 0. The second kappa shape index (κ2) is 10.7. The molecule has 0 saturated carbocycles. The molecule has 0 unspecified atom stereocenters. The van der Waals surface area contributed by atoms with E-state index in [1.807, 2.05) is 0 Å². The highest BCUT2D eigenvalue weighted by Crippen LogP contribution is 2.24. The van der Waals surface area contributed by atoms with Crippen molar-refractivity contribution in [1.29, 1.82) is 0 Å². The zero-order valence-corrected chi connectivity index (χ0v) is 16.8. The number of nitrogens with two attached hydrogens (primary N) is 4. The molecule has 160 valence electrons.